The molecule has 1 aromatic heterocycles. The Bertz CT molecular complexity index is 691. The van der Waals surface area contributed by atoms with E-state index < -0.39 is 0 Å². The van der Waals surface area contributed by atoms with Crippen LogP contribution in [0.4, 0.5) is 0 Å². The Morgan fingerprint density at radius 3 is 2.65 bits per heavy atom. The van der Waals surface area contributed by atoms with E-state index in [1.807, 2.05) is 4.90 Å². The Morgan fingerprint density at radius 1 is 1.19 bits per heavy atom. The van der Waals surface area contributed by atoms with E-state index in [4.69, 9.17) is 4.74 Å². The first-order valence-electron chi connectivity index (χ1n) is 9.46. The molecule has 0 fully saturated rings. The second-order valence-electron chi connectivity index (χ2n) is 7.31. The summed E-state index contributed by atoms with van der Waals surface area (Å²) in [5.74, 6) is 0.589. The lowest BCUT2D eigenvalue weighted by atomic mass is 10.1. The second-order valence-corrected chi connectivity index (χ2v) is 7.31. The zero-order valence-corrected chi connectivity index (χ0v) is 16.6. The maximum Gasteiger partial charge on any atom is 0.223 e. The van der Waals surface area contributed by atoms with Gasteiger partial charge >= 0.3 is 0 Å². The predicted octanol–water partition coefficient (Wildman–Crippen LogP) is 4.26. The minimum absolute atomic E-state index is 0.222. The zero-order chi connectivity index (χ0) is 18.9. The second kappa shape index (κ2) is 10.2. The molecule has 0 atom stereocenters. The number of rotatable bonds is 10. The van der Waals surface area contributed by atoms with E-state index in [9.17, 15) is 4.79 Å². The molecule has 0 spiro atoms. The van der Waals surface area contributed by atoms with Gasteiger partial charge in [0.1, 0.15) is 0 Å². The third-order valence-corrected chi connectivity index (χ3v) is 4.59. The Balaban J connectivity index is 2.11. The number of methoxy groups -OCH3 is 1. The molecule has 0 bridgehead atoms. The van der Waals surface area contributed by atoms with E-state index in [0.717, 1.165) is 19.5 Å². The Morgan fingerprint density at radius 2 is 1.96 bits per heavy atom. The minimum Gasteiger partial charge on any atom is -0.385 e. The number of carbonyl (C=O) groups excluding carboxylic acids is 1. The third-order valence-electron chi connectivity index (χ3n) is 4.59. The van der Waals surface area contributed by atoms with Crippen molar-refractivity contribution in [2.24, 2.45) is 5.92 Å². The Kier molecular flexibility index (Phi) is 7.92. The van der Waals surface area contributed by atoms with Gasteiger partial charge in [0.25, 0.3) is 0 Å². The van der Waals surface area contributed by atoms with Crippen LogP contribution in [0.3, 0.4) is 0 Å². The van der Waals surface area contributed by atoms with Crippen LogP contribution in [0.2, 0.25) is 0 Å². The zero-order valence-electron chi connectivity index (χ0n) is 16.6. The molecule has 0 aliphatic carbocycles. The summed E-state index contributed by atoms with van der Waals surface area (Å²) < 4.78 is 7.41. The topological polar surface area (TPSA) is 34.5 Å². The average molecular weight is 357 g/mol. The number of benzene rings is 1. The number of aryl methyl sites for hydroxylation is 1. The molecule has 0 radical (unpaired) electrons. The van der Waals surface area contributed by atoms with Crippen LogP contribution in [0, 0.1) is 12.8 Å². The van der Waals surface area contributed by atoms with Crippen LogP contribution < -0.4 is 0 Å². The van der Waals surface area contributed by atoms with Crippen molar-refractivity contribution in [2.45, 2.75) is 46.7 Å². The van der Waals surface area contributed by atoms with Gasteiger partial charge in [-0.1, -0.05) is 38.1 Å². The SMILES string of the molecule is COCCCN(Cc1cccn1Cc1ccccc1C)C(=O)CC(C)C. The fraction of sp³-hybridized carbons (Fsp3) is 0.500. The monoisotopic (exact) mass is 356 g/mol. The molecule has 0 N–H and O–H groups in total. The molecule has 2 rings (SSSR count). The van der Waals surface area contributed by atoms with Gasteiger partial charge in [-0.25, -0.2) is 0 Å². The molecule has 0 saturated heterocycles. The Hall–Kier alpha value is -2.07. The summed E-state index contributed by atoms with van der Waals surface area (Å²) in [4.78, 5) is 14.6. The normalized spacial score (nSPS) is 11.1. The summed E-state index contributed by atoms with van der Waals surface area (Å²) in [6.45, 7) is 9.21. The smallest absolute Gasteiger partial charge is 0.223 e. The molecule has 1 heterocycles. The predicted molar refractivity (Wildman–Crippen MR) is 106 cm³/mol. The van der Waals surface area contributed by atoms with Gasteiger partial charge in [-0.05, 0) is 42.5 Å². The maximum absolute atomic E-state index is 12.7. The van der Waals surface area contributed by atoms with Crippen LogP contribution in [-0.2, 0) is 22.6 Å². The highest BCUT2D eigenvalue weighted by Crippen LogP contribution is 2.15. The first-order chi connectivity index (χ1) is 12.5. The highest BCUT2D eigenvalue weighted by molar-refractivity contribution is 5.76. The molecule has 4 heteroatoms. The highest BCUT2D eigenvalue weighted by Gasteiger charge is 2.17. The van der Waals surface area contributed by atoms with Crippen molar-refractivity contribution in [3.8, 4) is 0 Å². The van der Waals surface area contributed by atoms with Crippen LogP contribution >= 0.6 is 0 Å². The van der Waals surface area contributed by atoms with Crippen molar-refractivity contribution in [1.82, 2.24) is 9.47 Å². The van der Waals surface area contributed by atoms with Gasteiger partial charge in [-0.15, -0.1) is 0 Å². The van der Waals surface area contributed by atoms with Gasteiger partial charge in [0.05, 0.1) is 6.54 Å². The standard InChI is InChI=1S/C22H32N2O2/c1-18(2)15-22(25)24(13-8-14-26-4)17-21-11-7-12-23(21)16-20-10-6-5-9-19(20)3/h5-7,9-12,18H,8,13-17H2,1-4H3. The number of carbonyl (C=O) groups is 1. The lowest BCUT2D eigenvalue weighted by molar-refractivity contribution is -0.132. The van der Waals surface area contributed by atoms with Gasteiger partial charge in [-0.2, -0.15) is 0 Å². The molecule has 2 aromatic rings. The van der Waals surface area contributed by atoms with Crippen LogP contribution in [-0.4, -0.2) is 35.6 Å². The van der Waals surface area contributed by atoms with E-state index >= 15 is 0 Å². The molecule has 0 aliphatic rings. The van der Waals surface area contributed by atoms with E-state index in [1.54, 1.807) is 7.11 Å². The fourth-order valence-corrected chi connectivity index (χ4v) is 3.08. The van der Waals surface area contributed by atoms with Gasteiger partial charge in [0.2, 0.25) is 5.91 Å². The minimum atomic E-state index is 0.222. The van der Waals surface area contributed by atoms with Crippen LogP contribution in [0.25, 0.3) is 0 Å². The van der Waals surface area contributed by atoms with E-state index in [0.29, 0.717) is 25.5 Å². The first kappa shape index (κ1) is 20.2. The first-order valence-corrected chi connectivity index (χ1v) is 9.46. The van der Waals surface area contributed by atoms with Gasteiger partial charge < -0.3 is 14.2 Å². The largest absolute Gasteiger partial charge is 0.385 e. The number of amides is 1. The van der Waals surface area contributed by atoms with Crippen LogP contribution in [0.1, 0.15) is 43.5 Å². The molecule has 0 saturated carbocycles. The number of nitrogens with zero attached hydrogens (tertiary/aromatic N) is 2. The van der Waals surface area contributed by atoms with E-state index in [-0.39, 0.29) is 5.91 Å². The number of aromatic nitrogens is 1. The molecule has 142 valence electrons. The Labute approximate surface area is 157 Å². The van der Waals surface area contributed by atoms with Crippen molar-refractivity contribution in [1.29, 1.82) is 0 Å². The third kappa shape index (κ3) is 6.03. The van der Waals surface area contributed by atoms with Crippen LogP contribution in [0.5, 0.6) is 0 Å². The lowest BCUT2D eigenvalue weighted by Crippen LogP contribution is -2.33. The lowest BCUT2D eigenvalue weighted by Gasteiger charge is -2.24. The summed E-state index contributed by atoms with van der Waals surface area (Å²) in [6.07, 6.45) is 3.55. The van der Waals surface area contributed by atoms with Crippen molar-refractivity contribution in [3.05, 3.63) is 59.4 Å². The highest BCUT2D eigenvalue weighted by atomic mass is 16.5. The van der Waals surface area contributed by atoms with E-state index in [1.165, 1.54) is 16.8 Å². The van der Waals surface area contributed by atoms with Crippen molar-refractivity contribution >= 4 is 5.91 Å². The van der Waals surface area contributed by atoms with E-state index in [2.05, 4.69) is 67.9 Å². The molecule has 4 nitrogen and oxygen atoms in total. The van der Waals surface area contributed by atoms with Gasteiger partial charge in [0, 0.05) is 45.1 Å². The summed E-state index contributed by atoms with van der Waals surface area (Å²) in [6, 6.07) is 12.6. The van der Waals surface area contributed by atoms with Gasteiger partial charge in [-0.3, -0.25) is 4.79 Å². The molecule has 0 unspecified atom stereocenters. The number of hydrogen-bond acceptors (Lipinski definition) is 2. The average Bonchev–Trinajstić information content (AvgIpc) is 3.02. The fourth-order valence-electron chi connectivity index (χ4n) is 3.08. The molecular formula is C22H32N2O2. The number of hydrogen-bond donors (Lipinski definition) is 0. The quantitative estimate of drug-likeness (QED) is 0.596. The molecule has 26 heavy (non-hydrogen) atoms. The summed E-state index contributed by atoms with van der Waals surface area (Å²) in [5.41, 5.74) is 3.77. The number of ether oxygens (including phenoxy) is 1. The molecule has 1 amide bonds. The van der Waals surface area contributed by atoms with Gasteiger partial charge in [0.15, 0.2) is 0 Å². The molecule has 1 aromatic carbocycles. The van der Waals surface area contributed by atoms with Crippen molar-refractivity contribution < 1.29 is 9.53 Å². The molecular weight excluding hydrogens is 324 g/mol. The summed E-state index contributed by atoms with van der Waals surface area (Å²) >= 11 is 0. The maximum atomic E-state index is 12.7. The summed E-state index contributed by atoms with van der Waals surface area (Å²) in [7, 11) is 1.70. The molecule has 0 aliphatic heterocycles. The summed E-state index contributed by atoms with van der Waals surface area (Å²) in [5, 5.41) is 0. The van der Waals surface area contributed by atoms with Crippen LogP contribution in [0.15, 0.2) is 42.6 Å². The van der Waals surface area contributed by atoms with Crippen molar-refractivity contribution in [2.75, 3.05) is 20.3 Å². The van der Waals surface area contributed by atoms with Crippen molar-refractivity contribution in [3.63, 3.8) is 0 Å².